The van der Waals surface area contributed by atoms with Gasteiger partial charge in [-0.2, -0.15) is 0 Å². The van der Waals surface area contributed by atoms with Crippen LogP contribution in [0.25, 0.3) is 10.9 Å². The Bertz CT molecular complexity index is 633. The van der Waals surface area contributed by atoms with Crippen molar-refractivity contribution in [3.8, 4) is 0 Å². The van der Waals surface area contributed by atoms with Gasteiger partial charge in [0.15, 0.2) is 0 Å². The minimum absolute atomic E-state index is 0.116. The molecule has 0 aliphatic carbocycles. The maximum atomic E-state index is 13.7. The number of nitrogens with two attached hydrogens (primary N) is 1. The Morgan fingerprint density at radius 2 is 2.06 bits per heavy atom. The zero-order valence-electron chi connectivity index (χ0n) is 8.61. The average Bonchev–Trinajstić information content (AvgIpc) is 2.27. The summed E-state index contributed by atoms with van der Waals surface area (Å²) in [5.74, 6) is -0.276. The highest BCUT2D eigenvalue weighted by atomic mass is 19.1. The molecule has 16 heavy (non-hydrogen) atoms. The van der Waals surface area contributed by atoms with Crippen LogP contribution in [-0.2, 0) is 13.0 Å². The third-order valence-corrected chi connectivity index (χ3v) is 3.08. The van der Waals surface area contributed by atoms with Gasteiger partial charge in [0, 0.05) is 24.2 Å². The molecule has 2 heterocycles. The van der Waals surface area contributed by atoms with Gasteiger partial charge in [0.25, 0.3) is 5.56 Å². The molecule has 0 saturated carbocycles. The average molecular weight is 218 g/mol. The molecule has 1 aromatic carbocycles. The minimum Gasteiger partial charge on any atom is -0.326 e. The molecule has 0 spiro atoms. The number of rotatable bonds is 0. The molecule has 1 atom stereocenters. The van der Waals surface area contributed by atoms with Gasteiger partial charge in [-0.3, -0.25) is 4.79 Å². The molecular weight excluding hydrogens is 207 g/mol. The summed E-state index contributed by atoms with van der Waals surface area (Å²) in [6.07, 6.45) is 0.493. The zero-order valence-corrected chi connectivity index (χ0v) is 8.61. The predicted molar refractivity (Wildman–Crippen MR) is 59.8 cm³/mol. The number of aromatic nitrogens is 1. The van der Waals surface area contributed by atoms with Crippen molar-refractivity contribution in [1.29, 1.82) is 0 Å². The second-order valence-corrected chi connectivity index (χ2v) is 4.21. The molecule has 0 radical (unpaired) electrons. The molecule has 1 aliphatic rings. The topological polar surface area (TPSA) is 48.0 Å². The number of hydrogen-bond donors (Lipinski definition) is 1. The zero-order chi connectivity index (χ0) is 11.3. The fraction of sp³-hybridized carbons (Fsp3) is 0.250. The summed E-state index contributed by atoms with van der Waals surface area (Å²) in [7, 11) is 0. The highest BCUT2D eigenvalue weighted by molar-refractivity contribution is 5.83. The minimum atomic E-state index is -0.276. The Hall–Kier alpha value is -1.68. The van der Waals surface area contributed by atoms with Gasteiger partial charge in [-0.25, -0.2) is 4.39 Å². The lowest BCUT2D eigenvalue weighted by Gasteiger charge is -2.24. The Morgan fingerprint density at radius 3 is 2.88 bits per heavy atom. The van der Waals surface area contributed by atoms with Crippen LogP contribution in [0, 0.1) is 5.82 Å². The van der Waals surface area contributed by atoms with Crippen LogP contribution in [-0.4, -0.2) is 10.6 Å². The highest BCUT2D eigenvalue weighted by Crippen LogP contribution is 2.25. The monoisotopic (exact) mass is 218 g/mol. The second kappa shape index (κ2) is 3.15. The fourth-order valence-electron chi connectivity index (χ4n) is 2.38. The van der Waals surface area contributed by atoms with Crippen LogP contribution in [0.15, 0.2) is 29.1 Å². The van der Waals surface area contributed by atoms with E-state index in [1.54, 1.807) is 16.7 Å². The van der Waals surface area contributed by atoms with Gasteiger partial charge in [-0.15, -0.1) is 0 Å². The molecule has 0 fully saturated rings. The summed E-state index contributed by atoms with van der Waals surface area (Å²) in [4.78, 5) is 11.7. The Morgan fingerprint density at radius 1 is 1.31 bits per heavy atom. The van der Waals surface area contributed by atoms with Crippen LogP contribution < -0.4 is 11.3 Å². The lowest BCUT2D eigenvalue weighted by atomic mass is 9.98. The Kier molecular flexibility index (Phi) is 1.88. The van der Waals surface area contributed by atoms with Gasteiger partial charge >= 0.3 is 0 Å². The Labute approximate surface area is 91.3 Å². The van der Waals surface area contributed by atoms with Crippen molar-refractivity contribution in [3.63, 3.8) is 0 Å². The summed E-state index contributed by atoms with van der Waals surface area (Å²) in [5, 5.41) is 0.892. The first kappa shape index (κ1) is 9.54. The quantitative estimate of drug-likeness (QED) is 0.717. The third-order valence-electron chi connectivity index (χ3n) is 3.08. The molecule has 4 heteroatoms. The van der Waals surface area contributed by atoms with E-state index in [0.29, 0.717) is 24.0 Å². The van der Waals surface area contributed by atoms with Crippen molar-refractivity contribution in [2.45, 2.75) is 19.0 Å². The maximum absolute atomic E-state index is 13.7. The van der Waals surface area contributed by atoms with E-state index in [9.17, 15) is 9.18 Å². The SMILES string of the molecule is NC1Cc2c(F)ccc3ccc(=O)n(c23)C1. The van der Waals surface area contributed by atoms with Crippen LogP contribution in [0.5, 0.6) is 0 Å². The third kappa shape index (κ3) is 1.20. The van der Waals surface area contributed by atoms with Crippen molar-refractivity contribution >= 4 is 10.9 Å². The molecule has 1 aliphatic heterocycles. The van der Waals surface area contributed by atoms with E-state index in [-0.39, 0.29) is 17.4 Å². The molecule has 1 aromatic heterocycles. The van der Waals surface area contributed by atoms with E-state index in [1.807, 2.05) is 0 Å². The first-order chi connectivity index (χ1) is 7.66. The van der Waals surface area contributed by atoms with E-state index in [4.69, 9.17) is 5.73 Å². The molecule has 0 saturated heterocycles. The van der Waals surface area contributed by atoms with Gasteiger partial charge in [-0.05, 0) is 30.0 Å². The van der Waals surface area contributed by atoms with E-state index >= 15 is 0 Å². The summed E-state index contributed by atoms with van der Waals surface area (Å²) >= 11 is 0. The van der Waals surface area contributed by atoms with Crippen molar-refractivity contribution in [3.05, 3.63) is 46.0 Å². The van der Waals surface area contributed by atoms with Crippen LogP contribution >= 0.6 is 0 Å². The van der Waals surface area contributed by atoms with E-state index in [0.717, 1.165) is 5.39 Å². The maximum Gasteiger partial charge on any atom is 0.251 e. The van der Waals surface area contributed by atoms with Crippen molar-refractivity contribution in [2.24, 2.45) is 5.73 Å². The standard InChI is InChI=1S/C12H11FN2O/c13-10-3-1-7-2-4-11(16)15-6-8(14)5-9(10)12(7)15/h1-4,8H,5-6,14H2. The number of benzene rings is 1. The van der Waals surface area contributed by atoms with E-state index in [1.165, 1.54) is 12.1 Å². The molecule has 0 amide bonds. The first-order valence-corrected chi connectivity index (χ1v) is 5.23. The summed E-state index contributed by atoms with van der Waals surface area (Å²) in [5.41, 5.74) is 6.99. The Balaban J connectivity index is 2.51. The van der Waals surface area contributed by atoms with E-state index in [2.05, 4.69) is 0 Å². The summed E-state index contributed by atoms with van der Waals surface area (Å²) in [6, 6.07) is 6.18. The number of nitrogens with zero attached hydrogens (tertiary/aromatic N) is 1. The van der Waals surface area contributed by atoms with Crippen LogP contribution in [0.2, 0.25) is 0 Å². The molecule has 1 unspecified atom stereocenters. The second-order valence-electron chi connectivity index (χ2n) is 4.21. The summed E-state index contributed by atoms with van der Waals surface area (Å²) in [6.45, 7) is 0.465. The lowest BCUT2D eigenvalue weighted by molar-refractivity contribution is 0.507. The number of hydrogen-bond acceptors (Lipinski definition) is 2. The van der Waals surface area contributed by atoms with Gasteiger partial charge < -0.3 is 10.3 Å². The predicted octanol–water partition coefficient (Wildman–Crippen LogP) is 1.02. The first-order valence-electron chi connectivity index (χ1n) is 5.23. The highest BCUT2D eigenvalue weighted by Gasteiger charge is 2.21. The van der Waals surface area contributed by atoms with Crippen molar-refractivity contribution in [2.75, 3.05) is 0 Å². The number of halogens is 1. The van der Waals surface area contributed by atoms with Gasteiger partial charge in [-0.1, -0.05) is 0 Å². The summed E-state index contributed by atoms with van der Waals surface area (Å²) < 4.78 is 15.2. The molecule has 2 aromatic rings. The molecule has 0 bridgehead atoms. The molecule has 3 nitrogen and oxygen atoms in total. The fourth-order valence-corrected chi connectivity index (χ4v) is 2.38. The van der Waals surface area contributed by atoms with Crippen LogP contribution in [0.3, 0.4) is 0 Å². The largest absolute Gasteiger partial charge is 0.326 e. The molecule has 2 N–H and O–H groups in total. The van der Waals surface area contributed by atoms with Gasteiger partial charge in [0.05, 0.1) is 5.52 Å². The van der Waals surface area contributed by atoms with Crippen LogP contribution in [0.4, 0.5) is 4.39 Å². The van der Waals surface area contributed by atoms with Gasteiger partial charge in [0.1, 0.15) is 5.82 Å². The smallest absolute Gasteiger partial charge is 0.251 e. The van der Waals surface area contributed by atoms with Crippen molar-refractivity contribution in [1.82, 2.24) is 4.57 Å². The lowest BCUT2D eigenvalue weighted by Crippen LogP contribution is -2.37. The molecular formula is C12H11FN2O. The van der Waals surface area contributed by atoms with Gasteiger partial charge in [0.2, 0.25) is 0 Å². The molecule has 3 rings (SSSR count). The van der Waals surface area contributed by atoms with E-state index < -0.39 is 0 Å². The van der Waals surface area contributed by atoms with Crippen LogP contribution in [0.1, 0.15) is 5.56 Å². The van der Waals surface area contributed by atoms with Crippen molar-refractivity contribution < 1.29 is 4.39 Å². The number of pyridine rings is 1. The normalized spacial score (nSPS) is 19.0. The molecule has 82 valence electrons.